The van der Waals surface area contributed by atoms with Crippen molar-refractivity contribution >= 4 is 57.8 Å². The van der Waals surface area contributed by atoms with E-state index in [0.717, 1.165) is 0 Å². The first-order valence-corrected chi connectivity index (χ1v) is 11.5. The predicted octanol–water partition coefficient (Wildman–Crippen LogP) is 4.36. The van der Waals surface area contributed by atoms with Gasteiger partial charge in [-0.3, -0.25) is 14.9 Å². The lowest BCUT2D eigenvalue weighted by Gasteiger charge is -2.17. The van der Waals surface area contributed by atoms with Crippen LogP contribution in [-0.4, -0.2) is 34.4 Å². The minimum Gasteiger partial charge on any atom is -0.370 e. The topological polar surface area (TPSA) is 146 Å². The number of carbonyl (C=O) groups is 3. The Kier molecular flexibility index (Phi) is 7.36. The summed E-state index contributed by atoms with van der Waals surface area (Å²) in [6.07, 6.45) is 0.0358. The number of urea groups is 1. The Hall–Kier alpha value is -4.88. The standard InChI is InChI=1S/C26H22ClN7O3/c1-33(24(36)17-4-6-18(27)7-5-17)20-10-11-22-21(14-20)31-25(34(22)13-12-23(29)35)32-26(37)30-19-8-2-16(15-28)3-9-19/h2-11,14H,12-13H2,1H3,(H2,29,35)(H2,30,31,32,37). The first-order chi connectivity index (χ1) is 17.7. The smallest absolute Gasteiger partial charge is 0.326 e. The number of hydrogen-bond donors (Lipinski definition) is 3. The molecule has 4 rings (SSSR count). The van der Waals surface area contributed by atoms with E-state index in [1.165, 1.54) is 4.90 Å². The third kappa shape index (κ3) is 5.86. The number of primary amides is 1. The molecule has 1 aromatic heterocycles. The normalized spacial score (nSPS) is 10.5. The Morgan fingerprint density at radius 2 is 1.76 bits per heavy atom. The number of rotatable bonds is 7. The summed E-state index contributed by atoms with van der Waals surface area (Å²) in [5.41, 5.74) is 8.51. The van der Waals surface area contributed by atoms with Gasteiger partial charge in [0, 0.05) is 42.0 Å². The van der Waals surface area contributed by atoms with Gasteiger partial charge in [-0.25, -0.2) is 9.78 Å². The molecule has 0 saturated heterocycles. The van der Waals surface area contributed by atoms with E-state index in [2.05, 4.69) is 15.6 Å². The Bertz CT molecular complexity index is 1520. The van der Waals surface area contributed by atoms with Crippen LogP contribution >= 0.6 is 11.6 Å². The molecule has 1 heterocycles. The Morgan fingerprint density at radius 3 is 2.41 bits per heavy atom. The number of carbonyl (C=O) groups excluding carboxylic acids is 3. The summed E-state index contributed by atoms with van der Waals surface area (Å²) in [6, 6.07) is 19.6. The third-order valence-corrected chi connectivity index (χ3v) is 5.85. The van der Waals surface area contributed by atoms with Crippen molar-refractivity contribution in [2.24, 2.45) is 5.73 Å². The van der Waals surface area contributed by atoms with Crippen LogP contribution in [0.15, 0.2) is 66.7 Å². The van der Waals surface area contributed by atoms with Crippen molar-refractivity contribution in [3.05, 3.63) is 82.9 Å². The van der Waals surface area contributed by atoms with E-state index in [1.807, 2.05) is 6.07 Å². The maximum Gasteiger partial charge on any atom is 0.326 e. The van der Waals surface area contributed by atoms with E-state index in [0.29, 0.717) is 38.6 Å². The summed E-state index contributed by atoms with van der Waals surface area (Å²) in [6.45, 7) is 0.192. The fourth-order valence-electron chi connectivity index (χ4n) is 3.67. The number of imidazole rings is 1. The Labute approximate surface area is 217 Å². The summed E-state index contributed by atoms with van der Waals surface area (Å²) in [5.74, 6) is -0.532. The second-order valence-corrected chi connectivity index (χ2v) is 8.55. The number of aryl methyl sites for hydroxylation is 1. The van der Waals surface area contributed by atoms with Gasteiger partial charge in [0.05, 0.1) is 22.7 Å². The average Bonchev–Trinajstić information content (AvgIpc) is 3.23. The second kappa shape index (κ2) is 10.8. The van der Waals surface area contributed by atoms with Crippen molar-refractivity contribution in [2.75, 3.05) is 22.6 Å². The molecule has 0 bridgehead atoms. The first-order valence-electron chi connectivity index (χ1n) is 11.2. The fourth-order valence-corrected chi connectivity index (χ4v) is 3.79. The summed E-state index contributed by atoms with van der Waals surface area (Å²) in [4.78, 5) is 43.0. The van der Waals surface area contributed by atoms with Crippen molar-refractivity contribution in [3.63, 3.8) is 0 Å². The highest BCUT2D eigenvalue weighted by molar-refractivity contribution is 6.30. The summed E-state index contributed by atoms with van der Waals surface area (Å²) >= 11 is 5.92. The predicted molar refractivity (Wildman–Crippen MR) is 142 cm³/mol. The zero-order chi connectivity index (χ0) is 26.5. The van der Waals surface area contributed by atoms with Crippen LogP contribution in [0.1, 0.15) is 22.3 Å². The zero-order valence-electron chi connectivity index (χ0n) is 19.7. The lowest BCUT2D eigenvalue weighted by Crippen LogP contribution is -2.26. The largest absolute Gasteiger partial charge is 0.370 e. The molecular formula is C26H22ClN7O3. The maximum absolute atomic E-state index is 12.9. The van der Waals surface area contributed by atoms with Crippen molar-refractivity contribution in [3.8, 4) is 6.07 Å². The van der Waals surface area contributed by atoms with Crippen molar-refractivity contribution < 1.29 is 14.4 Å². The monoisotopic (exact) mass is 515 g/mol. The minimum absolute atomic E-state index is 0.0358. The van der Waals surface area contributed by atoms with E-state index in [1.54, 1.807) is 78.3 Å². The summed E-state index contributed by atoms with van der Waals surface area (Å²) in [5, 5.41) is 14.8. The molecule has 0 aliphatic rings. The fraction of sp³-hybridized carbons (Fsp3) is 0.115. The third-order valence-electron chi connectivity index (χ3n) is 5.59. The molecule has 0 fully saturated rings. The molecular weight excluding hydrogens is 494 g/mol. The number of hydrogen-bond acceptors (Lipinski definition) is 5. The summed E-state index contributed by atoms with van der Waals surface area (Å²) < 4.78 is 1.67. The molecule has 0 radical (unpaired) electrons. The van der Waals surface area contributed by atoms with Gasteiger partial charge in [0.15, 0.2) is 0 Å². The molecule has 3 aromatic carbocycles. The van der Waals surface area contributed by atoms with E-state index < -0.39 is 11.9 Å². The number of nitriles is 1. The van der Waals surface area contributed by atoms with Gasteiger partial charge in [0.2, 0.25) is 11.9 Å². The van der Waals surface area contributed by atoms with Gasteiger partial charge in [0.25, 0.3) is 5.91 Å². The van der Waals surface area contributed by atoms with Crippen molar-refractivity contribution in [1.82, 2.24) is 9.55 Å². The molecule has 0 unspecified atom stereocenters. The average molecular weight is 516 g/mol. The molecule has 37 heavy (non-hydrogen) atoms. The zero-order valence-corrected chi connectivity index (χ0v) is 20.5. The molecule has 11 heteroatoms. The molecule has 186 valence electrons. The number of nitrogens with zero attached hydrogens (tertiary/aromatic N) is 4. The number of fused-ring (bicyclic) bond motifs is 1. The van der Waals surface area contributed by atoms with Crippen LogP contribution in [0.5, 0.6) is 0 Å². The lowest BCUT2D eigenvalue weighted by atomic mass is 10.2. The van der Waals surface area contributed by atoms with Crippen LogP contribution in [-0.2, 0) is 11.3 Å². The summed E-state index contributed by atoms with van der Waals surface area (Å²) in [7, 11) is 1.65. The molecule has 0 atom stereocenters. The van der Waals surface area contributed by atoms with Crippen LogP contribution in [0.2, 0.25) is 5.02 Å². The maximum atomic E-state index is 12.9. The molecule has 10 nitrogen and oxygen atoms in total. The van der Waals surface area contributed by atoms with E-state index in [-0.39, 0.29) is 24.8 Å². The number of nitrogens with one attached hydrogen (secondary N) is 2. The SMILES string of the molecule is CN(C(=O)c1ccc(Cl)cc1)c1ccc2c(c1)nc(NC(=O)Nc1ccc(C#N)cc1)n2CCC(N)=O. The van der Waals surface area contributed by atoms with E-state index in [9.17, 15) is 14.4 Å². The van der Waals surface area contributed by atoms with Gasteiger partial charge in [-0.15, -0.1) is 0 Å². The molecule has 4 amide bonds. The number of anilines is 3. The number of aromatic nitrogens is 2. The van der Waals surface area contributed by atoms with E-state index >= 15 is 0 Å². The van der Waals surface area contributed by atoms with Gasteiger partial charge in [-0.05, 0) is 66.7 Å². The van der Waals surface area contributed by atoms with Crippen LogP contribution in [0.4, 0.5) is 22.1 Å². The van der Waals surface area contributed by atoms with Crippen molar-refractivity contribution in [1.29, 1.82) is 5.26 Å². The highest BCUT2D eigenvalue weighted by atomic mass is 35.5. The van der Waals surface area contributed by atoms with Crippen LogP contribution in [0, 0.1) is 11.3 Å². The van der Waals surface area contributed by atoms with Gasteiger partial charge >= 0.3 is 6.03 Å². The van der Waals surface area contributed by atoms with Crippen LogP contribution in [0.3, 0.4) is 0 Å². The van der Waals surface area contributed by atoms with Crippen LogP contribution in [0.25, 0.3) is 11.0 Å². The lowest BCUT2D eigenvalue weighted by molar-refractivity contribution is -0.118. The van der Waals surface area contributed by atoms with Crippen molar-refractivity contribution in [2.45, 2.75) is 13.0 Å². The molecule has 4 aromatic rings. The van der Waals surface area contributed by atoms with Gasteiger partial charge < -0.3 is 20.5 Å². The molecule has 0 saturated carbocycles. The highest BCUT2D eigenvalue weighted by Crippen LogP contribution is 2.26. The highest BCUT2D eigenvalue weighted by Gasteiger charge is 2.18. The molecule has 0 spiro atoms. The number of amides is 4. The minimum atomic E-state index is -0.560. The molecule has 4 N–H and O–H groups in total. The Morgan fingerprint density at radius 1 is 1.05 bits per heavy atom. The van der Waals surface area contributed by atoms with Gasteiger partial charge in [-0.2, -0.15) is 5.26 Å². The first kappa shape index (κ1) is 25.2. The number of benzene rings is 3. The van der Waals surface area contributed by atoms with Gasteiger partial charge in [-0.1, -0.05) is 11.6 Å². The number of halogens is 1. The van der Waals surface area contributed by atoms with E-state index in [4.69, 9.17) is 22.6 Å². The molecule has 0 aliphatic carbocycles. The van der Waals surface area contributed by atoms with Crippen LogP contribution < -0.4 is 21.3 Å². The quantitative estimate of drug-likeness (QED) is 0.334. The Balaban J connectivity index is 1.60. The molecule has 0 aliphatic heterocycles. The second-order valence-electron chi connectivity index (χ2n) is 8.12. The van der Waals surface area contributed by atoms with Gasteiger partial charge in [0.1, 0.15) is 0 Å². The number of nitrogens with two attached hydrogens (primary N) is 1.